The Morgan fingerprint density at radius 1 is 1.15 bits per heavy atom. The Morgan fingerprint density at radius 2 is 1.85 bits per heavy atom. The van der Waals surface area contributed by atoms with E-state index in [-0.39, 0.29) is 4.90 Å². The van der Waals surface area contributed by atoms with Gasteiger partial charge in [-0.05, 0) is 36.2 Å². The van der Waals surface area contributed by atoms with E-state index in [1.165, 1.54) is 6.07 Å². The summed E-state index contributed by atoms with van der Waals surface area (Å²) in [5.41, 5.74) is 8.80. The maximum Gasteiger partial charge on any atom is 0.238 e. The molecule has 20 heavy (non-hydrogen) atoms. The molecule has 0 aliphatic rings. The third-order valence-electron chi connectivity index (χ3n) is 3.03. The second-order valence-corrected chi connectivity index (χ2v) is 6.11. The van der Waals surface area contributed by atoms with Crippen molar-refractivity contribution in [2.45, 2.75) is 18.4 Å². The van der Waals surface area contributed by atoms with Crippen molar-refractivity contribution in [2.75, 3.05) is 11.1 Å². The molecule has 0 atom stereocenters. The number of hydrogen-bond acceptors (Lipinski definition) is 4. The maximum absolute atomic E-state index is 11.5. The lowest BCUT2D eigenvalue weighted by Crippen LogP contribution is -2.14. The Bertz CT molecular complexity index is 727. The number of nitrogens with one attached hydrogen (secondary N) is 1. The number of nitrogens with two attached hydrogens (primary N) is 2. The van der Waals surface area contributed by atoms with Crippen LogP contribution in [0.15, 0.2) is 47.4 Å². The first-order valence-corrected chi connectivity index (χ1v) is 7.63. The van der Waals surface area contributed by atoms with Crippen molar-refractivity contribution >= 4 is 21.4 Å². The van der Waals surface area contributed by atoms with E-state index in [0.717, 1.165) is 5.56 Å². The second kappa shape index (κ2) is 5.52. The van der Waals surface area contributed by atoms with Gasteiger partial charge >= 0.3 is 0 Å². The lowest BCUT2D eigenvalue weighted by Gasteiger charge is -2.11. The molecule has 0 aromatic heterocycles. The molecule has 0 aliphatic heterocycles. The van der Waals surface area contributed by atoms with Crippen molar-refractivity contribution in [1.29, 1.82) is 0 Å². The first-order chi connectivity index (χ1) is 9.38. The van der Waals surface area contributed by atoms with Crippen LogP contribution in [0.3, 0.4) is 0 Å². The van der Waals surface area contributed by atoms with Gasteiger partial charge in [-0.3, -0.25) is 0 Å². The van der Waals surface area contributed by atoms with Crippen molar-refractivity contribution in [3.63, 3.8) is 0 Å². The molecule has 2 aromatic rings. The minimum Gasteiger partial charge on any atom is -0.398 e. The second-order valence-electron chi connectivity index (χ2n) is 4.58. The predicted octanol–water partition coefficient (Wildman–Crippen LogP) is 1.84. The Labute approximate surface area is 118 Å². The zero-order valence-electron chi connectivity index (χ0n) is 11.1. The third kappa shape index (κ3) is 3.28. The normalized spacial score (nSPS) is 11.3. The van der Waals surface area contributed by atoms with Crippen molar-refractivity contribution in [3.05, 3.63) is 53.6 Å². The van der Waals surface area contributed by atoms with E-state index < -0.39 is 10.0 Å². The van der Waals surface area contributed by atoms with E-state index in [4.69, 9.17) is 10.9 Å². The molecule has 5 nitrogen and oxygen atoms in total. The van der Waals surface area contributed by atoms with Crippen LogP contribution in [0.5, 0.6) is 0 Å². The topological polar surface area (TPSA) is 98.2 Å². The maximum atomic E-state index is 11.5. The quantitative estimate of drug-likeness (QED) is 0.748. The standard InChI is InChI=1S/C14H17N3O2S/c1-10-6-7-12(8-14(10)20(16,18)19)17-9-11-4-2-3-5-13(11)15/h2-8,17H,9,15H2,1H3,(H2,16,18,19). The van der Waals surface area contributed by atoms with E-state index in [1.807, 2.05) is 30.3 Å². The predicted molar refractivity (Wildman–Crippen MR) is 80.7 cm³/mol. The first kappa shape index (κ1) is 14.4. The Balaban J connectivity index is 2.21. The van der Waals surface area contributed by atoms with Crippen LogP contribution in [-0.4, -0.2) is 8.42 Å². The summed E-state index contributed by atoms with van der Waals surface area (Å²) in [6.07, 6.45) is 0. The van der Waals surface area contributed by atoms with Crippen LogP contribution in [0.25, 0.3) is 0 Å². The van der Waals surface area contributed by atoms with Gasteiger partial charge in [-0.2, -0.15) is 0 Å². The van der Waals surface area contributed by atoms with Crippen molar-refractivity contribution in [3.8, 4) is 0 Å². The summed E-state index contributed by atoms with van der Waals surface area (Å²) in [5.74, 6) is 0. The van der Waals surface area contributed by atoms with Crippen LogP contribution in [0.1, 0.15) is 11.1 Å². The van der Waals surface area contributed by atoms with Gasteiger partial charge in [0.05, 0.1) is 4.90 Å². The van der Waals surface area contributed by atoms with Gasteiger partial charge in [0, 0.05) is 17.9 Å². The van der Waals surface area contributed by atoms with Crippen LogP contribution < -0.4 is 16.2 Å². The largest absolute Gasteiger partial charge is 0.398 e. The van der Waals surface area contributed by atoms with Gasteiger partial charge in [-0.1, -0.05) is 24.3 Å². The number of rotatable bonds is 4. The summed E-state index contributed by atoms with van der Waals surface area (Å²) in [6, 6.07) is 12.6. The number of hydrogen-bond donors (Lipinski definition) is 3. The zero-order valence-corrected chi connectivity index (χ0v) is 11.9. The fourth-order valence-corrected chi connectivity index (χ4v) is 2.72. The highest BCUT2D eigenvalue weighted by atomic mass is 32.2. The Hall–Kier alpha value is -2.05. The van der Waals surface area contributed by atoms with Crippen LogP contribution in [0.4, 0.5) is 11.4 Å². The molecule has 0 radical (unpaired) electrons. The van der Waals surface area contributed by atoms with E-state index in [9.17, 15) is 8.42 Å². The van der Waals surface area contributed by atoms with Crippen molar-refractivity contribution in [1.82, 2.24) is 0 Å². The van der Waals surface area contributed by atoms with Crippen LogP contribution >= 0.6 is 0 Å². The average molecular weight is 291 g/mol. The summed E-state index contributed by atoms with van der Waals surface area (Å²) < 4.78 is 22.9. The van der Waals surface area contributed by atoms with E-state index in [0.29, 0.717) is 23.5 Å². The highest BCUT2D eigenvalue weighted by molar-refractivity contribution is 7.89. The van der Waals surface area contributed by atoms with Gasteiger partial charge < -0.3 is 11.1 Å². The van der Waals surface area contributed by atoms with Crippen LogP contribution in [0.2, 0.25) is 0 Å². The van der Waals surface area contributed by atoms with Gasteiger partial charge in [0.1, 0.15) is 0 Å². The SMILES string of the molecule is Cc1ccc(NCc2ccccc2N)cc1S(N)(=O)=O. The van der Waals surface area contributed by atoms with Gasteiger partial charge in [0.25, 0.3) is 0 Å². The molecule has 6 heteroatoms. The number of anilines is 2. The smallest absolute Gasteiger partial charge is 0.238 e. The molecule has 2 aromatic carbocycles. The fourth-order valence-electron chi connectivity index (χ4n) is 1.91. The fraction of sp³-hybridized carbons (Fsp3) is 0.143. The van der Waals surface area contributed by atoms with E-state index in [1.54, 1.807) is 13.0 Å². The van der Waals surface area contributed by atoms with Gasteiger partial charge in [-0.25, -0.2) is 13.6 Å². The first-order valence-electron chi connectivity index (χ1n) is 6.08. The lowest BCUT2D eigenvalue weighted by atomic mass is 10.1. The summed E-state index contributed by atoms with van der Waals surface area (Å²) in [5, 5.41) is 8.32. The molecule has 0 saturated carbocycles. The lowest BCUT2D eigenvalue weighted by molar-refractivity contribution is 0.597. The number of nitrogen functional groups attached to an aromatic ring is 1. The van der Waals surface area contributed by atoms with Gasteiger partial charge in [0.15, 0.2) is 0 Å². The number of benzene rings is 2. The molecule has 0 unspecified atom stereocenters. The molecule has 0 spiro atoms. The molecule has 0 aliphatic carbocycles. The minimum absolute atomic E-state index is 0.128. The number of aryl methyl sites for hydroxylation is 1. The molecular formula is C14H17N3O2S. The van der Waals surface area contributed by atoms with Crippen LogP contribution in [0, 0.1) is 6.92 Å². The molecule has 106 valence electrons. The molecular weight excluding hydrogens is 274 g/mol. The third-order valence-corrected chi connectivity index (χ3v) is 4.09. The summed E-state index contributed by atoms with van der Waals surface area (Å²) in [4.78, 5) is 0.128. The molecule has 0 amide bonds. The Kier molecular flexibility index (Phi) is 3.96. The number of primary sulfonamides is 1. The average Bonchev–Trinajstić information content (AvgIpc) is 2.38. The number of sulfonamides is 1. The highest BCUT2D eigenvalue weighted by Crippen LogP contribution is 2.20. The summed E-state index contributed by atoms with van der Waals surface area (Å²) >= 11 is 0. The molecule has 0 heterocycles. The highest BCUT2D eigenvalue weighted by Gasteiger charge is 2.12. The molecule has 0 fully saturated rings. The van der Waals surface area contributed by atoms with Crippen molar-refractivity contribution < 1.29 is 8.42 Å². The molecule has 2 rings (SSSR count). The molecule has 0 saturated heterocycles. The van der Waals surface area contributed by atoms with Crippen LogP contribution in [-0.2, 0) is 16.6 Å². The zero-order chi connectivity index (χ0) is 14.8. The summed E-state index contributed by atoms with van der Waals surface area (Å²) in [6.45, 7) is 2.22. The monoisotopic (exact) mass is 291 g/mol. The summed E-state index contributed by atoms with van der Waals surface area (Å²) in [7, 11) is -3.71. The van der Waals surface area contributed by atoms with E-state index in [2.05, 4.69) is 5.32 Å². The van der Waals surface area contributed by atoms with E-state index >= 15 is 0 Å². The number of para-hydroxylation sites is 1. The van der Waals surface area contributed by atoms with Crippen molar-refractivity contribution in [2.24, 2.45) is 5.14 Å². The Morgan fingerprint density at radius 3 is 2.50 bits per heavy atom. The molecule has 0 bridgehead atoms. The minimum atomic E-state index is -3.71. The van der Waals surface area contributed by atoms with Gasteiger partial charge in [-0.15, -0.1) is 0 Å². The molecule has 5 N–H and O–H groups in total. The van der Waals surface area contributed by atoms with Gasteiger partial charge in [0.2, 0.25) is 10.0 Å².